The Morgan fingerprint density at radius 2 is 2.11 bits per heavy atom. The van der Waals surface area contributed by atoms with Gasteiger partial charge in [0.05, 0.1) is 6.61 Å². The van der Waals surface area contributed by atoms with Crippen LogP contribution in [0.4, 0.5) is 0 Å². The Hall–Kier alpha value is -1.85. The molecular weight excluding hydrogens is 246 g/mol. The van der Waals surface area contributed by atoms with Gasteiger partial charge in [-0.3, -0.25) is 4.79 Å². The molecule has 0 aromatic heterocycles. The number of carbonyl (C=O) groups is 1. The Bertz CT molecular complexity index is 426. The van der Waals surface area contributed by atoms with Gasteiger partial charge in [0.1, 0.15) is 18.0 Å². The number of aliphatic hydroxyl groups is 2. The third kappa shape index (κ3) is 5.11. The van der Waals surface area contributed by atoms with E-state index in [9.17, 15) is 9.90 Å². The van der Waals surface area contributed by atoms with Crippen molar-refractivity contribution in [2.75, 3.05) is 19.8 Å². The number of aliphatic hydroxyl groups excluding tert-OH is 1. The number of benzene rings is 1. The van der Waals surface area contributed by atoms with E-state index in [1.165, 1.54) is 6.92 Å². The summed E-state index contributed by atoms with van der Waals surface area (Å²) in [6, 6.07) is 6.62. The van der Waals surface area contributed by atoms with Crippen LogP contribution >= 0.6 is 0 Å². The molecule has 5 heteroatoms. The fourth-order valence-corrected chi connectivity index (χ4v) is 1.29. The zero-order chi connectivity index (χ0) is 14.3. The van der Waals surface area contributed by atoms with Crippen molar-refractivity contribution in [2.45, 2.75) is 12.5 Å². The van der Waals surface area contributed by atoms with E-state index in [0.29, 0.717) is 17.9 Å². The lowest BCUT2D eigenvalue weighted by Crippen LogP contribution is -2.43. The van der Waals surface area contributed by atoms with Crippen LogP contribution in [0.5, 0.6) is 5.75 Å². The molecule has 104 valence electrons. The van der Waals surface area contributed by atoms with Gasteiger partial charge in [-0.1, -0.05) is 12.7 Å². The predicted molar refractivity (Wildman–Crippen MR) is 72.2 cm³/mol. The van der Waals surface area contributed by atoms with Crippen molar-refractivity contribution >= 4 is 5.91 Å². The first-order valence-corrected chi connectivity index (χ1v) is 5.94. The van der Waals surface area contributed by atoms with Crippen molar-refractivity contribution in [3.05, 3.63) is 42.5 Å². The zero-order valence-electron chi connectivity index (χ0n) is 10.9. The minimum absolute atomic E-state index is 0.0168. The highest BCUT2D eigenvalue weighted by Gasteiger charge is 2.20. The van der Waals surface area contributed by atoms with Crippen molar-refractivity contribution in [1.29, 1.82) is 0 Å². The van der Waals surface area contributed by atoms with Crippen molar-refractivity contribution < 1.29 is 19.7 Å². The summed E-state index contributed by atoms with van der Waals surface area (Å²) >= 11 is 0. The average Bonchev–Trinajstić information content (AvgIpc) is 2.43. The molecule has 1 amide bonds. The smallest absolute Gasteiger partial charge is 0.251 e. The lowest BCUT2D eigenvalue weighted by Gasteiger charge is -2.20. The van der Waals surface area contributed by atoms with Crippen LogP contribution < -0.4 is 10.1 Å². The van der Waals surface area contributed by atoms with E-state index in [4.69, 9.17) is 9.84 Å². The molecule has 1 aromatic rings. The predicted octanol–water partition coefficient (Wildman–Crippen LogP) is 0.724. The first-order valence-electron chi connectivity index (χ1n) is 5.94. The summed E-state index contributed by atoms with van der Waals surface area (Å²) in [6.45, 7) is 4.96. The molecule has 0 radical (unpaired) electrons. The minimum Gasteiger partial charge on any atom is -0.490 e. The lowest BCUT2D eigenvalue weighted by atomic mass is 10.1. The summed E-state index contributed by atoms with van der Waals surface area (Å²) in [5, 5.41) is 21.0. The summed E-state index contributed by atoms with van der Waals surface area (Å²) in [4.78, 5) is 11.8. The molecule has 0 aliphatic heterocycles. The Labute approximate surface area is 112 Å². The van der Waals surface area contributed by atoms with E-state index in [0.717, 1.165) is 0 Å². The van der Waals surface area contributed by atoms with Gasteiger partial charge in [0.15, 0.2) is 0 Å². The van der Waals surface area contributed by atoms with E-state index in [1.807, 2.05) is 0 Å². The molecule has 0 spiro atoms. The van der Waals surface area contributed by atoms with Gasteiger partial charge >= 0.3 is 0 Å². The maximum absolute atomic E-state index is 11.8. The molecule has 0 bridgehead atoms. The number of hydrogen-bond acceptors (Lipinski definition) is 4. The molecular formula is C14H19NO4. The molecule has 1 aromatic carbocycles. The van der Waals surface area contributed by atoms with Crippen molar-refractivity contribution in [1.82, 2.24) is 5.32 Å². The topological polar surface area (TPSA) is 78.8 Å². The molecule has 19 heavy (non-hydrogen) atoms. The molecule has 5 nitrogen and oxygen atoms in total. The van der Waals surface area contributed by atoms with E-state index in [2.05, 4.69) is 11.9 Å². The molecule has 0 aliphatic carbocycles. The summed E-state index contributed by atoms with van der Waals surface area (Å²) in [5.74, 6) is 0.336. The first-order chi connectivity index (χ1) is 8.98. The zero-order valence-corrected chi connectivity index (χ0v) is 10.9. The second-order valence-corrected chi connectivity index (χ2v) is 4.46. The highest BCUT2D eigenvalue weighted by Crippen LogP contribution is 2.12. The molecule has 1 unspecified atom stereocenters. The SMILES string of the molecule is C=CCOc1ccc(C(=O)NCC(C)(O)CO)cc1. The standard InChI is InChI=1S/C14H19NO4/c1-3-8-19-12-6-4-11(5-7-12)13(17)15-9-14(2,18)10-16/h3-7,16,18H,1,8-10H2,2H3,(H,15,17). The first kappa shape index (κ1) is 15.2. The highest BCUT2D eigenvalue weighted by molar-refractivity contribution is 5.94. The molecule has 0 heterocycles. The van der Waals surface area contributed by atoms with Gasteiger partial charge in [0.2, 0.25) is 0 Å². The molecule has 0 saturated carbocycles. The highest BCUT2D eigenvalue weighted by atomic mass is 16.5. The van der Waals surface area contributed by atoms with Crippen LogP contribution in [-0.4, -0.2) is 41.5 Å². The second-order valence-electron chi connectivity index (χ2n) is 4.46. The number of hydrogen-bond donors (Lipinski definition) is 3. The maximum atomic E-state index is 11.8. The van der Waals surface area contributed by atoms with Gasteiger partial charge in [-0.15, -0.1) is 0 Å². The monoisotopic (exact) mass is 265 g/mol. The van der Waals surface area contributed by atoms with Crippen LogP contribution in [0.3, 0.4) is 0 Å². The minimum atomic E-state index is -1.32. The number of carbonyl (C=O) groups excluding carboxylic acids is 1. The summed E-state index contributed by atoms with van der Waals surface area (Å²) in [6.07, 6.45) is 1.64. The van der Waals surface area contributed by atoms with E-state index in [-0.39, 0.29) is 12.5 Å². The maximum Gasteiger partial charge on any atom is 0.251 e. The lowest BCUT2D eigenvalue weighted by molar-refractivity contribution is 0.00320. The van der Waals surface area contributed by atoms with Gasteiger partial charge in [0.25, 0.3) is 5.91 Å². The third-order valence-corrected chi connectivity index (χ3v) is 2.45. The fraction of sp³-hybridized carbons (Fsp3) is 0.357. The number of amides is 1. The number of rotatable bonds is 7. The molecule has 0 saturated heterocycles. The third-order valence-electron chi connectivity index (χ3n) is 2.45. The Balaban J connectivity index is 2.55. The fourth-order valence-electron chi connectivity index (χ4n) is 1.29. The Kier molecular flexibility index (Phi) is 5.54. The Morgan fingerprint density at radius 1 is 1.47 bits per heavy atom. The van der Waals surface area contributed by atoms with Gasteiger partial charge in [0, 0.05) is 12.1 Å². The van der Waals surface area contributed by atoms with Crippen LogP contribution in [0.1, 0.15) is 17.3 Å². The van der Waals surface area contributed by atoms with Crippen LogP contribution in [0.2, 0.25) is 0 Å². The van der Waals surface area contributed by atoms with Crippen LogP contribution in [0.25, 0.3) is 0 Å². The van der Waals surface area contributed by atoms with E-state index >= 15 is 0 Å². The van der Waals surface area contributed by atoms with Gasteiger partial charge < -0.3 is 20.3 Å². The van der Waals surface area contributed by atoms with Gasteiger partial charge in [-0.25, -0.2) is 0 Å². The van der Waals surface area contributed by atoms with E-state index < -0.39 is 12.2 Å². The van der Waals surface area contributed by atoms with Crippen LogP contribution in [-0.2, 0) is 0 Å². The normalized spacial score (nSPS) is 13.4. The average molecular weight is 265 g/mol. The quantitative estimate of drug-likeness (QED) is 0.635. The molecule has 0 aliphatic rings. The van der Waals surface area contributed by atoms with Crippen LogP contribution in [0, 0.1) is 0 Å². The summed E-state index contributed by atoms with van der Waals surface area (Å²) in [7, 11) is 0. The van der Waals surface area contributed by atoms with Gasteiger partial charge in [-0.05, 0) is 31.2 Å². The molecule has 0 fully saturated rings. The van der Waals surface area contributed by atoms with E-state index in [1.54, 1.807) is 30.3 Å². The van der Waals surface area contributed by atoms with Crippen molar-refractivity contribution in [3.8, 4) is 5.75 Å². The van der Waals surface area contributed by atoms with Gasteiger partial charge in [-0.2, -0.15) is 0 Å². The van der Waals surface area contributed by atoms with Crippen molar-refractivity contribution in [3.63, 3.8) is 0 Å². The molecule has 1 atom stereocenters. The van der Waals surface area contributed by atoms with Crippen LogP contribution in [0.15, 0.2) is 36.9 Å². The Morgan fingerprint density at radius 3 is 2.63 bits per heavy atom. The number of ether oxygens (including phenoxy) is 1. The largest absolute Gasteiger partial charge is 0.490 e. The molecule has 3 N–H and O–H groups in total. The summed E-state index contributed by atoms with van der Waals surface area (Å²) < 4.78 is 5.30. The summed E-state index contributed by atoms with van der Waals surface area (Å²) in [5.41, 5.74) is -0.859. The number of nitrogens with one attached hydrogen (secondary N) is 1. The van der Waals surface area contributed by atoms with Crippen molar-refractivity contribution in [2.24, 2.45) is 0 Å². The molecule has 1 rings (SSSR count). The second kappa shape index (κ2) is 6.92.